The van der Waals surface area contributed by atoms with Crippen LogP contribution in [0.15, 0.2) is 65.6 Å². The first kappa shape index (κ1) is 25.1. The molecule has 34 heavy (non-hydrogen) atoms. The number of halogens is 1. The number of nitrogens with two attached hydrogens (primary N) is 1. The first-order valence-electron chi connectivity index (χ1n) is 9.93. The highest BCUT2D eigenvalue weighted by Crippen LogP contribution is 2.27. The number of rotatable bonds is 8. The summed E-state index contributed by atoms with van der Waals surface area (Å²) in [5.74, 6) is -3.25. The van der Waals surface area contributed by atoms with Gasteiger partial charge in [-0.25, -0.2) is 23.3 Å². The molecule has 1 aliphatic rings. The predicted molar refractivity (Wildman–Crippen MR) is 122 cm³/mol. The second-order valence-corrected chi connectivity index (χ2v) is 9.40. The molecule has 12 heteroatoms. The van der Waals surface area contributed by atoms with Crippen LogP contribution in [0.5, 0.6) is 0 Å². The lowest BCUT2D eigenvalue weighted by atomic mass is 10.1. The highest BCUT2D eigenvalue weighted by Gasteiger charge is 2.43. The zero-order valence-electron chi connectivity index (χ0n) is 17.6. The largest absolute Gasteiger partial charge is 0.478 e. The number of imide groups is 1. The fourth-order valence-corrected chi connectivity index (χ4v) is 4.12. The van der Waals surface area contributed by atoms with Crippen LogP contribution in [0.4, 0.5) is 5.69 Å². The number of primary sulfonamides is 1. The number of sulfonamides is 1. The SMILES string of the molecule is NS(=O)(=O)c1ccc(CCN(C(=O)/C=C\C(=O)O)[C@@H]2CC(=O)N(c3ccc(Cl)cc3)C2=O)cc1. The molecule has 0 unspecified atom stereocenters. The van der Waals surface area contributed by atoms with Gasteiger partial charge in [0, 0.05) is 23.7 Å². The lowest BCUT2D eigenvalue weighted by Crippen LogP contribution is -2.46. The van der Waals surface area contributed by atoms with Gasteiger partial charge in [0.1, 0.15) is 6.04 Å². The molecule has 1 atom stereocenters. The Morgan fingerprint density at radius 3 is 2.26 bits per heavy atom. The number of carbonyl (C=O) groups excluding carboxylic acids is 3. The molecule has 0 spiro atoms. The molecule has 10 nitrogen and oxygen atoms in total. The molecule has 1 aliphatic heterocycles. The third-order valence-corrected chi connectivity index (χ3v) is 6.31. The van der Waals surface area contributed by atoms with Gasteiger partial charge in [0.2, 0.25) is 21.8 Å². The molecule has 1 saturated heterocycles. The Morgan fingerprint density at radius 1 is 1.09 bits per heavy atom. The van der Waals surface area contributed by atoms with Crippen LogP contribution in [0.2, 0.25) is 5.02 Å². The topological polar surface area (TPSA) is 155 Å². The second kappa shape index (κ2) is 10.2. The van der Waals surface area contributed by atoms with Crippen molar-refractivity contribution in [1.82, 2.24) is 4.90 Å². The highest BCUT2D eigenvalue weighted by atomic mass is 35.5. The molecule has 3 N–H and O–H groups in total. The van der Waals surface area contributed by atoms with Crippen molar-refractivity contribution in [1.29, 1.82) is 0 Å². The van der Waals surface area contributed by atoms with Crippen LogP contribution in [0.25, 0.3) is 0 Å². The lowest BCUT2D eigenvalue weighted by molar-refractivity contribution is -0.135. The molecule has 3 amide bonds. The number of carboxylic acid groups (broad SMARTS) is 1. The number of anilines is 1. The van der Waals surface area contributed by atoms with Gasteiger partial charge >= 0.3 is 5.97 Å². The quantitative estimate of drug-likeness (QED) is 0.405. The maximum Gasteiger partial charge on any atom is 0.328 e. The summed E-state index contributed by atoms with van der Waals surface area (Å²) in [6.07, 6.45) is 1.39. The Balaban J connectivity index is 1.84. The molecule has 0 bridgehead atoms. The Bertz CT molecular complexity index is 1260. The van der Waals surface area contributed by atoms with E-state index in [4.69, 9.17) is 21.8 Å². The minimum atomic E-state index is -3.87. The van der Waals surface area contributed by atoms with Crippen molar-refractivity contribution in [3.63, 3.8) is 0 Å². The van der Waals surface area contributed by atoms with E-state index >= 15 is 0 Å². The van der Waals surface area contributed by atoms with E-state index in [1.54, 1.807) is 0 Å². The lowest BCUT2D eigenvalue weighted by Gasteiger charge is -2.26. The van der Waals surface area contributed by atoms with Crippen LogP contribution in [0.1, 0.15) is 12.0 Å². The van der Waals surface area contributed by atoms with Gasteiger partial charge in [-0.05, 0) is 48.4 Å². The first-order valence-corrected chi connectivity index (χ1v) is 11.9. The smallest absolute Gasteiger partial charge is 0.328 e. The normalized spacial score (nSPS) is 16.3. The van der Waals surface area contributed by atoms with E-state index < -0.39 is 39.8 Å². The average molecular weight is 506 g/mol. The van der Waals surface area contributed by atoms with Crippen LogP contribution < -0.4 is 10.0 Å². The summed E-state index contributed by atoms with van der Waals surface area (Å²) < 4.78 is 22.8. The molecule has 1 fully saturated rings. The van der Waals surface area contributed by atoms with Gasteiger partial charge in [0.15, 0.2) is 0 Å². The maximum atomic E-state index is 13.1. The Labute approximate surface area is 200 Å². The van der Waals surface area contributed by atoms with E-state index in [0.29, 0.717) is 22.3 Å². The fraction of sp³-hybridized carbons (Fsp3) is 0.182. The number of hydrogen-bond acceptors (Lipinski definition) is 6. The maximum absolute atomic E-state index is 13.1. The summed E-state index contributed by atoms with van der Waals surface area (Å²) >= 11 is 5.87. The summed E-state index contributed by atoms with van der Waals surface area (Å²) in [6, 6.07) is 10.6. The van der Waals surface area contributed by atoms with Gasteiger partial charge in [-0.15, -0.1) is 0 Å². The molecule has 0 radical (unpaired) electrons. The number of carboxylic acids is 1. The number of benzene rings is 2. The number of hydrogen-bond donors (Lipinski definition) is 2. The molecule has 2 aromatic carbocycles. The van der Waals surface area contributed by atoms with E-state index in [2.05, 4.69) is 0 Å². The number of carbonyl (C=O) groups is 4. The summed E-state index contributed by atoms with van der Waals surface area (Å²) in [5, 5.41) is 14.4. The molecule has 0 saturated carbocycles. The molecule has 1 heterocycles. The van der Waals surface area contributed by atoms with Crippen LogP contribution in [0.3, 0.4) is 0 Å². The third-order valence-electron chi connectivity index (χ3n) is 5.13. The monoisotopic (exact) mass is 505 g/mol. The van der Waals surface area contributed by atoms with E-state index in [1.807, 2.05) is 0 Å². The van der Waals surface area contributed by atoms with Crippen molar-refractivity contribution in [2.24, 2.45) is 5.14 Å². The van der Waals surface area contributed by atoms with Gasteiger partial charge < -0.3 is 10.0 Å². The third kappa shape index (κ3) is 5.87. The molecule has 178 valence electrons. The second-order valence-electron chi connectivity index (χ2n) is 7.41. The molecule has 3 rings (SSSR count). The van der Waals surface area contributed by atoms with Crippen molar-refractivity contribution in [3.05, 3.63) is 71.3 Å². The predicted octanol–water partition coefficient (Wildman–Crippen LogP) is 1.33. The van der Waals surface area contributed by atoms with Crippen LogP contribution in [-0.4, -0.2) is 54.7 Å². The van der Waals surface area contributed by atoms with Crippen molar-refractivity contribution < 1.29 is 32.7 Å². The van der Waals surface area contributed by atoms with Gasteiger partial charge in [-0.3, -0.25) is 14.4 Å². The first-order chi connectivity index (χ1) is 16.0. The number of aliphatic carboxylic acids is 1. The minimum Gasteiger partial charge on any atom is -0.478 e. The molecule has 2 aromatic rings. The molecule has 0 aliphatic carbocycles. The van der Waals surface area contributed by atoms with Crippen LogP contribution >= 0.6 is 11.6 Å². The zero-order chi connectivity index (χ0) is 25.0. The van der Waals surface area contributed by atoms with Crippen molar-refractivity contribution >= 4 is 51.0 Å². The highest BCUT2D eigenvalue weighted by molar-refractivity contribution is 7.89. The van der Waals surface area contributed by atoms with Gasteiger partial charge in [0.05, 0.1) is 17.0 Å². The summed E-state index contributed by atoms with van der Waals surface area (Å²) in [6.45, 7) is -0.0321. The summed E-state index contributed by atoms with van der Waals surface area (Å²) in [4.78, 5) is 51.4. The molecular formula is C22H20ClN3O7S. The number of amides is 3. The fourth-order valence-electron chi connectivity index (χ4n) is 3.47. The Morgan fingerprint density at radius 2 is 1.71 bits per heavy atom. The van der Waals surface area contributed by atoms with Gasteiger partial charge in [0.25, 0.3) is 5.91 Å². The van der Waals surface area contributed by atoms with Crippen LogP contribution in [0, 0.1) is 0 Å². The minimum absolute atomic E-state index is 0.0321. The zero-order valence-corrected chi connectivity index (χ0v) is 19.2. The molecule has 0 aromatic heterocycles. The van der Waals surface area contributed by atoms with Crippen molar-refractivity contribution in [2.75, 3.05) is 11.4 Å². The van der Waals surface area contributed by atoms with E-state index in [9.17, 15) is 27.6 Å². The van der Waals surface area contributed by atoms with E-state index in [-0.39, 0.29) is 24.3 Å². The standard InChI is InChI=1S/C22H20ClN3O7S/c23-15-3-5-16(6-4-15)26-20(28)13-18(22(26)31)25(19(27)9-10-21(29)30)12-11-14-1-7-17(8-2-14)34(24,32)33/h1-10,18H,11-13H2,(H,29,30)(H2,24,32,33)/b10-9-/t18-/m1/s1. The Kier molecular flexibility index (Phi) is 7.50. The van der Waals surface area contributed by atoms with Gasteiger partial charge in [-0.2, -0.15) is 0 Å². The van der Waals surface area contributed by atoms with E-state index in [1.165, 1.54) is 48.5 Å². The molecular weight excluding hydrogens is 486 g/mol. The average Bonchev–Trinajstić information content (AvgIpc) is 3.06. The Hall–Kier alpha value is -3.54. The summed E-state index contributed by atoms with van der Waals surface area (Å²) in [7, 11) is -3.87. The number of nitrogens with zero attached hydrogens (tertiary/aromatic N) is 2. The van der Waals surface area contributed by atoms with Gasteiger partial charge in [-0.1, -0.05) is 23.7 Å². The van der Waals surface area contributed by atoms with E-state index in [0.717, 1.165) is 15.9 Å². The van der Waals surface area contributed by atoms with Crippen molar-refractivity contribution in [3.8, 4) is 0 Å². The van der Waals surface area contributed by atoms with Crippen LogP contribution in [-0.2, 0) is 35.6 Å². The summed E-state index contributed by atoms with van der Waals surface area (Å²) in [5.41, 5.74) is 0.938. The van der Waals surface area contributed by atoms with Crippen molar-refractivity contribution in [2.45, 2.75) is 23.8 Å².